The molecule has 3 aromatic carbocycles. The molecule has 0 unspecified atom stereocenters. The standard InChI is InChI=1S/C27H30N2O5S/c1-18-5-10-23(11-6-18)35(31,32)29-17-26(34-25-12-7-19(2)15-24(25)29)27(30)28-13-14-33-22-9-8-20(3)21(4)16-22/h5-12,15-16,26H,13-14,17H2,1-4H3,(H,28,30)/t26-/m0/s1. The first-order chi connectivity index (χ1) is 16.6. The first kappa shape index (κ1) is 24.6. The Morgan fingerprint density at radius 2 is 1.69 bits per heavy atom. The SMILES string of the molecule is Cc1ccc(S(=O)(=O)N2C[C@@H](C(=O)NCCOc3ccc(C)c(C)c3)Oc3ccc(C)cc32)cc1. The molecule has 184 valence electrons. The summed E-state index contributed by atoms with van der Waals surface area (Å²) in [6.07, 6.45) is -0.993. The van der Waals surface area contributed by atoms with Crippen molar-refractivity contribution in [3.63, 3.8) is 0 Å². The Labute approximate surface area is 206 Å². The number of ether oxygens (including phenoxy) is 2. The number of rotatable bonds is 7. The van der Waals surface area contributed by atoms with E-state index in [9.17, 15) is 13.2 Å². The highest BCUT2D eigenvalue weighted by Crippen LogP contribution is 2.37. The summed E-state index contributed by atoms with van der Waals surface area (Å²) < 4.78 is 40.0. The van der Waals surface area contributed by atoms with Crippen molar-refractivity contribution in [3.8, 4) is 11.5 Å². The first-order valence-corrected chi connectivity index (χ1v) is 12.9. The maximum atomic E-state index is 13.5. The summed E-state index contributed by atoms with van der Waals surface area (Å²) in [5.74, 6) is 0.684. The van der Waals surface area contributed by atoms with Gasteiger partial charge in [0, 0.05) is 0 Å². The summed E-state index contributed by atoms with van der Waals surface area (Å²) >= 11 is 0. The molecule has 35 heavy (non-hydrogen) atoms. The molecule has 1 atom stereocenters. The van der Waals surface area contributed by atoms with Crippen LogP contribution in [0, 0.1) is 27.7 Å². The number of nitrogens with zero attached hydrogens (tertiary/aromatic N) is 1. The average molecular weight is 495 g/mol. The van der Waals surface area contributed by atoms with E-state index in [-0.39, 0.29) is 24.6 Å². The third-order valence-corrected chi connectivity index (χ3v) is 7.83. The van der Waals surface area contributed by atoms with Crippen LogP contribution in [-0.4, -0.2) is 40.1 Å². The Bertz CT molecular complexity index is 1340. The van der Waals surface area contributed by atoms with E-state index < -0.39 is 22.0 Å². The molecule has 0 aromatic heterocycles. The molecule has 1 amide bonds. The number of hydrogen-bond donors (Lipinski definition) is 1. The number of hydrogen-bond acceptors (Lipinski definition) is 5. The topological polar surface area (TPSA) is 84.9 Å². The Morgan fingerprint density at radius 3 is 2.40 bits per heavy atom. The Morgan fingerprint density at radius 1 is 0.971 bits per heavy atom. The second kappa shape index (κ2) is 10.00. The highest BCUT2D eigenvalue weighted by Gasteiger charge is 2.37. The van der Waals surface area contributed by atoms with E-state index in [2.05, 4.69) is 5.32 Å². The second-order valence-electron chi connectivity index (χ2n) is 8.81. The molecule has 1 aliphatic heterocycles. The molecular weight excluding hydrogens is 464 g/mol. The Hall–Kier alpha value is -3.52. The summed E-state index contributed by atoms with van der Waals surface area (Å²) in [6, 6.07) is 17.8. The molecule has 1 N–H and O–H groups in total. The van der Waals surface area contributed by atoms with Crippen molar-refractivity contribution >= 4 is 21.6 Å². The van der Waals surface area contributed by atoms with Gasteiger partial charge >= 0.3 is 0 Å². The van der Waals surface area contributed by atoms with Gasteiger partial charge in [-0.05, 0) is 80.8 Å². The quantitative estimate of drug-likeness (QED) is 0.501. The fraction of sp³-hybridized carbons (Fsp3) is 0.296. The number of amides is 1. The molecule has 8 heteroatoms. The normalized spacial score (nSPS) is 15.2. The largest absolute Gasteiger partial charge is 0.492 e. The van der Waals surface area contributed by atoms with Crippen LogP contribution < -0.4 is 19.1 Å². The lowest BCUT2D eigenvalue weighted by atomic mass is 10.1. The highest BCUT2D eigenvalue weighted by molar-refractivity contribution is 7.92. The molecule has 1 heterocycles. The molecule has 0 saturated heterocycles. The summed E-state index contributed by atoms with van der Waals surface area (Å²) in [5, 5.41) is 2.80. The molecule has 1 aliphatic rings. The van der Waals surface area contributed by atoms with E-state index in [0.29, 0.717) is 11.4 Å². The number of aryl methyl sites for hydroxylation is 4. The lowest BCUT2D eigenvalue weighted by Gasteiger charge is -2.35. The van der Waals surface area contributed by atoms with Crippen molar-refractivity contribution in [3.05, 3.63) is 82.9 Å². The van der Waals surface area contributed by atoms with Gasteiger partial charge in [-0.15, -0.1) is 0 Å². The van der Waals surface area contributed by atoms with Crippen LogP contribution in [0.25, 0.3) is 0 Å². The minimum absolute atomic E-state index is 0.128. The van der Waals surface area contributed by atoms with Crippen LogP contribution in [0.3, 0.4) is 0 Å². The van der Waals surface area contributed by atoms with E-state index >= 15 is 0 Å². The Kier molecular flexibility index (Phi) is 7.03. The lowest BCUT2D eigenvalue weighted by molar-refractivity contribution is -0.127. The molecule has 0 fully saturated rings. The number of sulfonamides is 1. The number of carbonyl (C=O) groups excluding carboxylic acids is 1. The van der Waals surface area contributed by atoms with Crippen LogP contribution in [0.4, 0.5) is 5.69 Å². The van der Waals surface area contributed by atoms with Gasteiger partial charge in [0.2, 0.25) is 0 Å². The number of anilines is 1. The first-order valence-electron chi connectivity index (χ1n) is 11.5. The maximum absolute atomic E-state index is 13.5. The molecule has 3 aromatic rings. The molecule has 7 nitrogen and oxygen atoms in total. The number of fused-ring (bicyclic) bond motifs is 1. The highest BCUT2D eigenvalue weighted by atomic mass is 32.2. The third kappa shape index (κ3) is 5.43. The summed E-state index contributed by atoms with van der Waals surface area (Å²) in [4.78, 5) is 13.1. The Balaban J connectivity index is 1.48. The summed E-state index contributed by atoms with van der Waals surface area (Å²) in [5.41, 5.74) is 4.59. The maximum Gasteiger partial charge on any atom is 0.264 e. The van der Waals surface area contributed by atoms with Gasteiger partial charge in [-0.3, -0.25) is 9.10 Å². The monoisotopic (exact) mass is 494 g/mol. The minimum Gasteiger partial charge on any atom is -0.492 e. The summed E-state index contributed by atoms with van der Waals surface area (Å²) in [6.45, 7) is 8.24. The van der Waals surface area contributed by atoms with E-state index in [0.717, 1.165) is 22.4 Å². The molecule has 0 saturated carbocycles. The van der Waals surface area contributed by atoms with Crippen LogP contribution in [0.15, 0.2) is 65.6 Å². The fourth-order valence-corrected chi connectivity index (χ4v) is 5.29. The van der Waals surface area contributed by atoms with E-state index in [1.54, 1.807) is 36.4 Å². The van der Waals surface area contributed by atoms with Crippen molar-refractivity contribution in [2.24, 2.45) is 0 Å². The lowest BCUT2D eigenvalue weighted by Crippen LogP contribution is -2.51. The third-order valence-electron chi connectivity index (χ3n) is 6.03. The summed E-state index contributed by atoms with van der Waals surface area (Å²) in [7, 11) is -3.90. The predicted molar refractivity (Wildman–Crippen MR) is 136 cm³/mol. The van der Waals surface area contributed by atoms with Crippen molar-refractivity contribution in [1.29, 1.82) is 0 Å². The molecular formula is C27H30N2O5S. The van der Waals surface area contributed by atoms with Crippen LogP contribution in [0.5, 0.6) is 11.5 Å². The molecule has 4 rings (SSSR count). The zero-order valence-electron chi connectivity index (χ0n) is 20.4. The van der Waals surface area contributed by atoms with Crippen LogP contribution in [-0.2, 0) is 14.8 Å². The van der Waals surface area contributed by atoms with Gasteiger partial charge < -0.3 is 14.8 Å². The zero-order valence-corrected chi connectivity index (χ0v) is 21.2. The fourth-order valence-electron chi connectivity index (χ4n) is 3.82. The van der Waals surface area contributed by atoms with Crippen molar-refractivity contribution in [1.82, 2.24) is 5.32 Å². The van der Waals surface area contributed by atoms with Gasteiger partial charge in [-0.2, -0.15) is 0 Å². The van der Waals surface area contributed by atoms with Gasteiger partial charge in [-0.25, -0.2) is 8.42 Å². The average Bonchev–Trinajstić information content (AvgIpc) is 2.83. The van der Waals surface area contributed by atoms with Gasteiger partial charge in [0.1, 0.15) is 18.1 Å². The van der Waals surface area contributed by atoms with Gasteiger partial charge in [0.25, 0.3) is 15.9 Å². The number of benzene rings is 3. The van der Waals surface area contributed by atoms with Gasteiger partial charge in [0.05, 0.1) is 23.7 Å². The van der Waals surface area contributed by atoms with Gasteiger partial charge in [-0.1, -0.05) is 29.8 Å². The second-order valence-corrected chi connectivity index (χ2v) is 10.7. The van der Waals surface area contributed by atoms with E-state index in [4.69, 9.17) is 9.47 Å². The van der Waals surface area contributed by atoms with Crippen molar-refractivity contribution < 1.29 is 22.7 Å². The van der Waals surface area contributed by atoms with Crippen LogP contribution in [0.1, 0.15) is 22.3 Å². The van der Waals surface area contributed by atoms with Crippen molar-refractivity contribution in [2.45, 2.75) is 38.7 Å². The molecule has 0 radical (unpaired) electrons. The molecule has 0 bridgehead atoms. The van der Waals surface area contributed by atoms with Crippen LogP contribution >= 0.6 is 0 Å². The number of carbonyl (C=O) groups is 1. The number of nitrogens with one attached hydrogen (secondary N) is 1. The van der Waals surface area contributed by atoms with Crippen LogP contribution in [0.2, 0.25) is 0 Å². The van der Waals surface area contributed by atoms with Gasteiger partial charge in [0.15, 0.2) is 6.10 Å². The smallest absolute Gasteiger partial charge is 0.264 e. The zero-order chi connectivity index (χ0) is 25.2. The van der Waals surface area contributed by atoms with E-state index in [1.807, 2.05) is 52.0 Å². The van der Waals surface area contributed by atoms with E-state index in [1.165, 1.54) is 9.87 Å². The minimum atomic E-state index is -3.90. The predicted octanol–water partition coefficient (Wildman–Crippen LogP) is 4.07. The van der Waals surface area contributed by atoms with Crippen molar-refractivity contribution in [2.75, 3.05) is 24.0 Å². The molecule has 0 aliphatic carbocycles. The molecule has 0 spiro atoms.